The zero-order valence-electron chi connectivity index (χ0n) is 17.7. The molecule has 3 heterocycles. The van der Waals surface area contributed by atoms with Crippen LogP contribution in [0.3, 0.4) is 0 Å². The molecule has 11 nitrogen and oxygen atoms in total. The summed E-state index contributed by atoms with van der Waals surface area (Å²) in [5, 5.41) is 11.6. The molecule has 0 N–H and O–H groups in total. The van der Waals surface area contributed by atoms with Crippen molar-refractivity contribution in [3.8, 4) is 11.9 Å². The van der Waals surface area contributed by atoms with Gasteiger partial charge in [-0.2, -0.15) is 9.97 Å². The van der Waals surface area contributed by atoms with Crippen LogP contribution >= 0.6 is 0 Å². The van der Waals surface area contributed by atoms with Crippen LogP contribution in [0.4, 0.5) is 10.1 Å². The maximum atomic E-state index is 15.5. The minimum Gasteiger partial charge on any atom is -0.476 e. The first-order chi connectivity index (χ1) is 14.0. The van der Waals surface area contributed by atoms with Gasteiger partial charge in [0.15, 0.2) is 23.4 Å². The molecular weight excluding hydrogens is 405 g/mol. The lowest BCUT2D eigenvalue weighted by molar-refractivity contribution is -0.387. The van der Waals surface area contributed by atoms with E-state index in [1.54, 1.807) is 27.7 Å². The molecule has 3 rings (SSSR count). The van der Waals surface area contributed by atoms with E-state index in [0.29, 0.717) is 0 Å². The van der Waals surface area contributed by atoms with Gasteiger partial charge in [0.2, 0.25) is 0 Å². The van der Waals surface area contributed by atoms with E-state index in [1.807, 2.05) is 0 Å². The van der Waals surface area contributed by atoms with Gasteiger partial charge in [-0.3, -0.25) is 10.1 Å². The average molecular weight is 431 g/mol. The van der Waals surface area contributed by atoms with Gasteiger partial charge in [0.1, 0.15) is 12.2 Å². The van der Waals surface area contributed by atoms with Gasteiger partial charge in [-0.15, -0.1) is 0 Å². The van der Waals surface area contributed by atoms with Gasteiger partial charge in [0.05, 0.1) is 31.9 Å². The average Bonchev–Trinajstić information content (AvgIpc) is 2.93. The second kappa shape index (κ2) is 8.17. The standard InChI is InChI=1S/C18H26FN3O8/c1-17(2)27-8-11-14(30-18(3,4)29-11)10(28-17)7-9(19)12-13(22(23)24)15(25-5)21-16(20-12)26-6/h9-11,14H,7-8H2,1-6H3/t9?,10-,11+,14-/m0/s1. The number of nitrogens with zero attached hydrogens (tertiary/aromatic N) is 3. The second-order valence-corrected chi connectivity index (χ2v) is 7.92. The normalized spacial score (nSPS) is 28.3. The fraction of sp³-hybridized carbons (Fsp3) is 0.778. The van der Waals surface area contributed by atoms with Crippen molar-refractivity contribution >= 4 is 5.69 Å². The largest absolute Gasteiger partial charge is 0.476 e. The molecule has 0 aliphatic carbocycles. The van der Waals surface area contributed by atoms with Crippen molar-refractivity contribution in [3.05, 3.63) is 15.8 Å². The number of hydrogen-bond donors (Lipinski definition) is 0. The lowest BCUT2D eigenvalue weighted by Gasteiger charge is -2.31. The summed E-state index contributed by atoms with van der Waals surface area (Å²) in [5.41, 5.74) is -1.14. The summed E-state index contributed by atoms with van der Waals surface area (Å²) in [6.45, 7) is 7.06. The monoisotopic (exact) mass is 431 g/mol. The lowest BCUT2D eigenvalue weighted by atomic mass is 10.0. The Morgan fingerprint density at radius 1 is 1.17 bits per heavy atom. The summed E-state index contributed by atoms with van der Waals surface area (Å²) >= 11 is 0. The molecular formula is C18H26FN3O8. The summed E-state index contributed by atoms with van der Waals surface area (Å²) in [6.07, 6.45) is -4.13. The molecule has 0 saturated carbocycles. The molecule has 2 aliphatic rings. The first-order valence-electron chi connectivity index (χ1n) is 9.42. The minimum atomic E-state index is -1.90. The number of alkyl halides is 1. The number of ether oxygens (including phenoxy) is 6. The van der Waals surface area contributed by atoms with Crippen LogP contribution in [0.25, 0.3) is 0 Å². The highest BCUT2D eigenvalue weighted by molar-refractivity contribution is 5.47. The number of fused-ring (bicyclic) bond motifs is 1. The Bertz CT molecular complexity index is 806. The SMILES string of the molecule is COc1nc(OC)c([N+](=O)[O-])c(C(F)C[C@@H]2OC(C)(C)OC[C@H]3OC(C)(C)O[C@@H]23)n1. The fourth-order valence-electron chi connectivity index (χ4n) is 3.61. The van der Waals surface area contributed by atoms with Gasteiger partial charge >= 0.3 is 17.6 Å². The highest BCUT2D eigenvalue weighted by Gasteiger charge is 2.51. The van der Waals surface area contributed by atoms with Gasteiger partial charge < -0.3 is 28.4 Å². The number of methoxy groups -OCH3 is 2. The van der Waals surface area contributed by atoms with Crippen molar-refractivity contribution in [1.82, 2.24) is 9.97 Å². The molecule has 0 aromatic carbocycles. The first kappa shape index (κ1) is 22.5. The van der Waals surface area contributed by atoms with Crippen LogP contribution < -0.4 is 9.47 Å². The predicted octanol–water partition coefficient (Wildman–Crippen LogP) is 2.47. The molecule has 30 heavy (non-hydrogen) atoms. The Hall–Kier alpha value is -2.15. The third kappa shape index (κ3) is 4.61. The van der Waals surface area contributed by atoms with Gasteiger partial charge in [0.25, 0.3) is 0 Å². The molecule has 1 aromatic rings. The first-order valence-corrected chi connectivity index (χ1v) is 9.42. The molecule has 0 bridgehead atoms. The Kier molecular flexibility index (Phi) is 6.14. The molecule has 168 valence electrons. The summed E-state index contributed by atoms with van der Waals surface area (Å²) < 4.78 is 48.8. The highest BCUT2D eigenvalue weighted by atomic mass is 19.1. The van der Waals surface area contributed by atoms with Crippen molar-refractivity contribution in [2.45, 2.75) is 70.2 Å². The summed E-state index contributed by atoms with van der Waals surface area (Å²) in [7, 11) is 2.46. The van der Waals surface area contributed by atoms with E-state index in [0.717, 1.165) is 0 Å². The third-order valence-electron chi connectivity index (χ3n) is 4.77. The number of nitro groups is 1. The summed E-state index contributed by atoms with van der Waals surface area (Å²) in [4.78, 5) is 18.4. The molecule has 1 unspecified atom stereocenters. The zero-order valence-corrected chi connectivity index (χ0v) is 17.7. The quantitative estimate of drug-likeness (QED) is 0.490. The van der Waals surface area contributed by atoms with E-state index < -0.39 is 58.2 Å². The molecule has 4 atom stereocenters. The topological polar surface area (TPSA) is 124 Å². The molecule has 0 spiro atoms. The molecule has 2 saturated heterocycles. The second-order valence-electron chi connectivity index (χ2n) is 7.92. The maximum absolute atomic E-state index is 15.5. The molecule has 0 radical (unpaired) electrons. The van der Waals surface area contributed by atoms with Crippen LogP contribution in [-0.4, -0.2) is 65.6 Å². The predicted molar refractivity (Wildman–Crippen MR) is 99.0 cm³/mol. The van der Waals surface area contributed by atoms with Gasteiger partial charge in [-0.05, 0) is 27.7 Å². The molecule has 0 amide bonds. The Morgan fingerprint density at radius 2 is 1.87 bits per heavy atom. The Morgan fingerprint density at radius 3 is 2.47 bits per heavy atom. The van der Waals surface area contributed by atoms with Crippen molar-refractivity contribution in [2.75, 3.05) is 20.8 Å². The zero-order chi connectivity index (χ0) is 22.3. The van der Waals surface area contributed by atoms with Crippen LogP contribution in [0.5, 0.6) is 11.9 Å². The smallest absolute Gasteiger partial charge is 0.355 e. The maximum Gasteiger partial charge on any atom is 0.355 e. The van der Waals surface area contributed by atoms with Crippen LogP contribution in [-0.2, 0) is 18.9 Å². The Balaban J connectivity index is 1.95. The van der Waals surface area contributed by atoms with Gasteiger partial charge in [0, 0.05) is 6.42 Å². The molecule has 2 fully saturated rings. The van der Waals surface area contributed by atoms with E-state index >= 15 is 4.39 Å². The molecule has 12 heteroatoms. The van der Waals surface area contributed by atoms with E-state index in [9.17, 15) is 10.1 Å². The van der Waals surface area contributed by atoms with Crippen molar-refractivity contribution in [3.63, 3.8) is 0 Å². The summed E-state index contributed by atoms with van der Waals surface area (Å²) in [6, 6.07) is -0.250. The van der Waals surface area contributed by atoms with Crippen LogP contribution in [0.15, 0.2) is 0 Å². The third-order valence-corrected chi connectivity index (χ3v) is 4.77. The van der Waals surface area contributed by atoms with E-state index in [2.05, 4.69) is 9.97 Å². The minimum absolute atomic E-state index is 0.198. The Labute approximate surface area is 172 Å². The number of rotatable bonds is 6. The summed E-state index contributed by atoms with van der Waals surface area (Å²) in [5.74, 6) is -2.33. The van der Waals surface area contributed by atoms with Crippen LogP contribution in [0, 0.1) is 10.1 Å². The van der Waals surface area contributed by atoms with E-state index in [-0.39, 0.29) is 19.0 Å². The van der Waals surface area contributed by atoms with Crippen molar-refractivity contribution in [2.24, 2.45) is 0 Å². The molecule has 2 aliphatic heterocycles. The van der Waals surface area contributed by atoms with Crippen molar-refractivity contribution < 1.29 is 37.7 Å². The molecule has 1 aromatic heterocycles. The highest BCUT2D eigenvalue weighted by Crippen LogP contribution is 2.41. The van der Waals surface area contributed by atoms with Crippen LogP contribution in [0.1, 0.15) is 46.0 Å². The van der Waals surface area contributed by atoms with E-state index in [4.69, 9.17) is 28.4 Å². The number of hydrogen-bond acceptors (Lipinski definition) is 10. The fourth-order valence-corrected chi connectivity index (χ4v) is 3.61. The van der Waals surface area contributed by atoms with E-state index in [1.165, 1.54) is 14.2 Å². The number of aromatic nitrogens is 2. The van der Waals surface area contributed by atoms with Crippen LogP contribution in [0.2, 0.25) is 0 Å². The van der Waals surface area contributed by atoms with Crippen molar-refractivity contribution in [1.29, 1.82) is 0 Å². The lowest BCUT2D eigenvalue weighted by Crippen LogP contribution is -2.40. The van der Waals surface area contributed by atoms with Gasteiger partial charge in [-0.1, -0.05) is 0 Å². The number of halogens is 1. The van der Waals surface area contributed by atoms with Gasteiger partial charge in [-0.25, -0.2) is 4.39 Å².